The summed E-state index contributed by atoms with van der Waals surface area (Å²) in [6.45, 7) is 10.8. The molecule has 1 heterocycles. The summed E-state index contributed by atoms with van der Waals surface area (Å²) in [5.41, 5.74) is 3.77. The van der Waals surface area contributed by atoms with Gasteiger partial charge in [0.2, 0.25) is 0 Å². The summed E-state index contributed by atoms with van der Waals surface area (Å²) in [5, 5.41) is 2.87. The van der Waals surface area contributed by atoms with Crippen molar-refractivity contribution < 1.29 is 19.1 Å². The van der Waals surface area contributed by atoms with Crippen molar-refractivity contribution >= 4 is 17.9 Å². The molecule has 6 heteroatoms. The van der Waals surface area contributed by atoms with Crippen molar-refractivity contribution in [3.8, 4) is 0 Å². The van der Waals surface area contributed by atoms with Crippen LogP contribution in [0.25, 0.3) is 0 Å². The van der Waals surface area contributed by atoms with E-state index in [9.17, 15) is 14.4 Å². The number of esters is 1. The highest BCUT2D eigenvalue weighted by Crippen LogP contribution is 2.33. The van der Waals surface area contributed by atoms with Gasteiger partial charge in [-0.2, -0.15) is 0 Å². The lowest BCUT2D eigenvalue weighted by molar-refractivity contribution is -0.145. The Morgan fingerprint density at radius 1 is 1.10 bits per heavy atom. The van der Waals surface area contributed by atoms with Crippen LogP contribution < -0.4 is 5.32 Å². The summed E-state index contributed by atoms with van der Waals surface area (Å²) in [5.74, 6) is -0.594. The predicted octanol–water partition coefficient (Wildman–Crippen LogP) is 4.29. The van der Waals surface area contributed by atoms with Crippen molar-refractivity contribution in [2.24, 2.45) is 0 Å². The monoisotopic (exact) mass is 414 g/mol. The van der Waals surface area contributed by atoms with E-state index in [1.165, 1.54) is 10.5 Å². The number of urea groups is 1. The van der Waals surface area contributed by atoms with Gasteiger partial charge in [0.15, 0.2) is 0 Å². The maximum atomic E-state index is 12.8. The number of imide groups is 1. The Bertz CT molecular complexity index is 824. The molecule has 0 unspecified atom stereocenters. The van der Waals surface area contributed by atoms with Crippen molar-refractivity contribution in [1.82, 2.24) is 10.2 Å². The topological polar surface area (TPSA) is 75.7 Å². The van der Waals surface area contributed by atoms with Gasteiger partial charge in [-0.25, -0.2) is 4.79 Å². The first-order chi connectivity index (χ1) is 14.0. The molecule has 1 saturated carbocycles. The lowest BCUT2D eigenvalue weighted by Gasteiger charge is -2.30. The largest absolute Gasteiger partial charge is 0.461 e. The van der Waals surface area contributed by atoms with Gasteiger partial charge in [-0.3, -0.25) is 14.5 Å². The van der Waals surface area contributed by atoms with Gasteiger partial charge in [0.1, 0.15) is 12.1 Å². The van der Waals surface area contributed by atoms with Gasteiger partial charge in [-0.05, 0) is 54.4 Å². The Morgan fingerprint density at radius 2 is 1.70 bits per heavy atom. The molecule has 0 aromatic heterocycles. The van der Waals surface area contributed by atoms with Crippen LogP contribution in [0.2, 0.25) is 0 Å². The molecule has 1 aromatic carbocycles. The standard InChI is InChI=1S/C24H34N2O4/c1-16-13-18(23(3,4)5)14-17(2)19(16)15-30-20(27)9-12-26-21(28)24(25-22(26)29)10-7-6-8-11-24/h13-14H,6-12,15H2,1-5H3,(H,25,29). The molecule has 1 aliphatic carbocycles. The molecule has 1 aliphatic heterocycles. The summed E-state index contributed by atoms with van der Waals surface area (Å²) >= 11 is 0. The summed E-state index contributed by atoms with van der Waals surface area (Å²) in [6.07, 6.45) is 4.34. The number of benzene rings is 1. The zero-order valence-electron chi connectivity index (χ0n) is 18.9. The third-order valence-electron chi connectivity index (χ3n) is 6.43. The van der Waals surface area contributed by atoms with Gasteiger partial charge < -0.3 is 10.1 Å². The minimum atomic E-state index is -0.748. The SMILES string of the molecule is Cc1cc(C(C)(C)C)cc(C)c1COC(=O)CCN1C(=O)NC2(CCCCC2)C1=O. The molecule has 1 saturated heterocycles. The molecule has 6 nitrogen and oxygen atoms in total. The van der Waals surface area contributed by atoms with E-state index in [1.807, 2.05) is 13.8 Å². The minimum absolute atomic E-state index is 0.00735. The number of rotatable bonds is 5. The molecule has 1 spiro atoms. The third-order valence-corrected chi connectivity index (χ3v) is 6.43. The van der Waals surface area contributed by atoms with E-state index in [2.05, 4.69) is 38.2 Å². The number of aryl methyl sites for hydroxylation is 2. The van der Waals surface area contributed by atoms with Gasteiger partial charge in [-0.15, -0.1) is 0 Å². The molecule has 3 amide bonds. The second-order valence-corrected chi connectivity index (χ2v) is 9.78. The van der Waals surface area contributed by atoms with Gasteiger partial charge in [0.05, 0.1) is 6.42 Å². The lowest BCUT2D eigenvalue weighted by Crippen LogP contribution is -2.48. The van der Waals surface area contributed by atoms with Gasteiger partial charge in [0, 0.05) is 6.54 Å². The molecular formula is C24H34N2O4. The Morgan fingerprint density at radius 3 is 2.27 bits per heavy atom. The van der Waals surface area contributed by atoms with Crippen LogP contribution in [0.4, 0.5) is 4.79 Å². The normalized spacial score (nSPS) is 18.6. The molecular weight excluding hydrogens is 380 g/mol. The molecule has 0 radical (unpaired) electrons. The maximum Gasteiger partial charge on any atom is 0.325 e. The van der Waals surface area contributed by atoms with Crippen LogP contribution in [0.5, 0.6) is 0 Å². The smallest absolute Gasteiger partial charge is 0.325 e. The van der Waals surface area contributed by atoms with E-state index < -0.39 is 11.5 Å². The van der Waals surface area contributed by atoms with E-state index >= 15 is 0 Å². The fourth-order valence-electron chi connectivity index (χ4n) is 4.46. The van der Waals surface area contributed by atoms with Crippen LogP contribution in [0.3, 0.4) is 0 Å². The van der Waals surface area contributed by atoms with Crippen molar-refractivity contribution in [3.63, 3.8) is 0 Å². The summed E-state index contributed by atoms with van der Waals surface area (Å²) < 4.78 is 5.47. The molecule has 3 rings (SSSR count). The highest BCUT2D eigenvalue weighted by atomic mass is 16.5. The third kappa shape index (κ3) is 4.52. The van der Waals surface area contributed by atoms with Gasteiger partial charge >= 0.3 is 12.0 Å². The average Bonchev–Trinajstić information content (AvgIpc) is 2.88. The molecule has 30 heavy (non-hydrogen) atoms. The summed E-state index contributed by atoms with van der Waals surface area (Å²) in [7, 11) is 0. The van der Waals surface area contributed by atoms with Crippen LogP contribution in [0.15, 0.2) is 12.1 Å². The van der Waals surface area contributed by atoms with Crippen molar-refractivity contribution in [3.05, 3.63) is 34.4 Å². The second kappa shape index (κ2) is 8.40. The lowest BCUT2D eigenvalue weighted by atomic mass is 9.82. The molecule has 1 aromatic rings. The zero-order valence-corrected chi connectivity index (χ0v) is 18.9. The van der Waals surface area contributed by atoms with Crippen LogP contribution in [0, 0.1) is 13.8 Å². The summed E-state index contributed by atoms with van der Waals surface area (Å²) in [6, 6.07) is 3.90. The Hall–Kier alpha value is -2.37. The molecule has 164 valence electrons. The van der Waals surface area contributed by atoms with Crippen LogP contribution in [-0.4, -0.2) is 34.9 Å². The first-order valence-electron chi connectivity index (χ1n) is 10.9. The first kappa shape index (κ1) is 22.3. The second-order valence-electron chi connectivity index (χ2n) is 9.78. The average molecular weight is 415 g/mol. The molecule has 2 aliphatic rings. The maximum absolute atomic E-state index is 12.8. The number of carbonyl (C=O) groups excluding carboxylic acids is 3. The van der Waals surface area contributed by atoms with E-state index in [4.69, 9.17) is 4.74 Å². The van der Waals surface area contributed by atoms with Gasteiger partial charge in [0.25, 0.3) is 5.91 Å². The predicted molar refractivity (Wildman–Crippen MR) is 115 cm³/mol. The quantitative estimate of drug-likeness (QED) is 0.576. The Balaban J connectivity index is 1.56. The van der Waals surface area contributed by atoms with Crippen LogP contribution >= 0.6 is 0 Å². The number of hydrogen-bond donors (Lipinski definition) is 1. The number of ether oxygens (including phenoxy) is 1. The van der Waals surface area contributed by atoms with Crippen LogP contribution in [0.1, 0.15) is 81.5 Å². The van der Waals surface area contributed by atoms with Crippen molar-refractivity contribution in [1.29, 1.82) is 0 Å². The molecule has 0 bridgehead atoms. The number of nitrogens with one attached hydrogen (secondary N) is 1. The number of hydrogen-bond acceptors (Lipinski definition) is 4. The van der Waals surface area contributed by atoms with E-state index in [1.54, 1.807) is 0 Å². The Labute approximate surface area is 179 Å². The molecule has 2 fully saturated rings. The highest BCUT2D eigenvalue weighted by molar-refractivity contribution is 6.07. The first-order valence-corrected chi connectivity index (χ1v) is 10.9. The van der Waals surface area contributed by atoms with E-state index in [0.29, 0.717) is 12.8 Å². The summed E-state index contributed by atoms with van der Waals surface area (Å²) in [4.78, 5) is 38.6. The number of nitrogens with zero attached hydrogens (tertiary/aromatic N) is 1. The molecule has 0 atom stereocenters. The van der Waals surface area contributed by atoms with Crippen molar-refractivity contribution in [2.45, 2.75) is 90.7 Å². The van der Waals surface area contributed by atoms with Gasteiger partial charge in [-0.1, -0.05) is 52.2 Å². The van der Waals surface area contributed by atoms with E-state index in [-0.39, 0.29) is 36.9 Å². The zero-order chi connectivity index (χ0) is 22.1. The highest BCUT2D eigenvalue weighted by Gasteiger charge is 2.51. The minimum Gasteiger partial charge on any atom is -0.461 e. The van der Waals surface area contributed by atoms with Crippen LogP contribution in [-0.2, 0) is 26.3 Å². The van der Waals surface area contributed by atoms with Crippen molar-refractivity contribution in [2.75, 3.05) is 6.54 Å². The number of amides is 3. The fourth-order valence-corrected chi connectivity index (χ4v) is 4.46. The molecule has 1 N–H and O–H groups in total. The van der Waals surface area contributed by atoms with E-state index in [0.717, 1.165) is 36.0 Å². The number of carbonyl (C=O) groups is 3. The Kier molecular flexibility index (Phi) is 6.25. The fraction of sp³-hybridized carbons (Fsp3) is 0.625.